The van der Waals surface area contributed by atoms with Crippen molar-refractivity contribution < 1.29 is 14.7 Å². The maximum Gasteiger partial charge on any atom is 0.319 e. The minimum absolute atomic E-state index is 0.145. The third kappa shape index (κ3) is 7.25. The molecule has 0 spiro atoms. The van der Waals surface area contributed by atoms with Crippen molar-refractivity contribution in [2.75, 3.05) is 11.9 Å². The van der Waals surface area contributed by atoms with E-state index in [-0.39, 0.29) is 25.3 Å². The molecule has 0 aromatic heterocycles. The zero-order valence-corrected chi connectivity index (χ0v) is 16.2. The number of anilines is 1. The molecule has 29 heavy (non-hydrogen) atoms. The number of nitrogens with zero attached hydrogens (tertiary/aromatic N) is 1. The average Bonchev–Trinajstić information content (AvgIpc) is 2.69. The lowest BCUT2D eigenvalue weighted by Crippen LogP contribution is -2.50. The van der Waals surface area contributed by atoms with E-state index in [0.29, 0.717) is 16.3 Å². The van der Waals surface area contributed by atoms with Gasteiger partial charge in [-0.3, -0.25) is 10.2 Å². The summed E-state index contributed by atoms with van der Waals surface area (Å²) in [7, 11) is 0. The van der Waals surface area contributed by atoms with Crippen molar-refractivity contribution in [1.82, 2.24) is 10.6 Å². The fraction of sp³-hybridized carbons (Fsp3) is 0.200. The van der Waals surface area contributed by atoms with Gasteiger partial charge in [0.25, 0.3) is 0 Å². The van der Waals surface area contributed by atoms with Crippen LogP contribution in [0.4, 0.5) is 10.5 Å². The zero-order chi connectivity index (χ0) is 21.2. The van der Waals surface area contributed by atoms with Crippen LogP contribution in [-0.4, -0.2) is 35.5 Å². The van der Waals surface area contributed by atoms with E-state index in [4.69, 9.17) is 27.4 Å². The number of aliphatic hydroxyl groups is 1. The van der Waals surface area contributed by atoms with E-state index >= 15 is 0 Å². The first-order valence-electron chi connectivity index (χ1n) is 8.72. The van der Waals surface area contributed by atoms with Crippen molar-refractivity contribution in [3.8, 4) is 6.07 Å². The van der Waals surface area contributed by atoms with Crippen LogP contribution in [0.15, 0.2) is 48.5 Å². The van der Waals surface area contributed by atoms with Crippen LogP contribution in [-0.2, 0) is 11.2 Å². The molecule has 9 heteroatoms. The van der Waals surface area contributed by atoms with Gasteiger partial charge in [0.2, 0.25) is 5.91 Å². The number of nitriles is 1. The Kier molecular flexibility index (Phi) is 8.15. The summed E-state index contributed by atoms with van der Waals surface area (Å²) in [4.78, 5) is 24.1. The topological polar surface area (TPSA) is 138 Å². The number of nitrogens with one attached hydrogen (secondary N) is 4. The summed E-state index contributed by atoms with van der Waals surface area (Å²) in [5.74, 6) is -0.721. The van der Waals surface area contributed by atoms with Gasteiger partial charge < -0.3 is 21.1 Å². The van der Waals surface area contributed by atoms with Crippen molar-refractivity contribution in [3.63, 3.8) is 0 Å². The molecule has 2 aromatic carbocycles. The van der Waals surface area contributed by atoms with Gasteiger partial charge in [0.1, 0.15) is 5.84 Å². The van der Waals surface area contributed by atoms with Crippen molar-refractivity contribution in [1.29, 1.82) is 10.7 Å². The highest BCUT2D eigenvalue weighted by Gasteiger charge is 2.20. The molecule has 0 fully saturated rings. The number of amides is 3. The second-order valence-electron chi connectivity index (χ2n) is 6.11. The van der Waals surface area contributed by atoms with Gasteiger partial charge in [-0.05, 0) is 48.4 Å². The number of hydrogen-bond donors (Lipinski definition) is 5. The minimum Gasteiger partial charge on any atom is -0.396 e. The summed E-state index contributed by atoms with van der Waals surface area (Å²) >= 11 is 5.89. The van der Waals surface area contributed by atoms with Crippen LogP contribution in [0.25, 0.3) is 0 Å². The number of benzene rings is 2. The van der Waals surface area contributed by atoms with E-state index in [1.165, 1.54) is 0 Å². The first-order chi connectivity index (χ1) is 13.9. The molecular formula is C20H20ClN5O3. The molecule has 1 unspecified atom stereocenters. The van der Waals surface area contributed by atoms with Crippen molar-refractivity contribution >= 4 is 35.1 Å². The molecule has 150 valence electrons. The van der Waals surface area contributed by atoms with Crippen molar-refractivity contribution in [2.24, 2.45) is 0 Å². The number of aliphatic hydroxyl groups excluding tert-OH is 1. The van der Waals surface area contributed by atoms with E-state index in [0.717, 1.165) is 5.56 Å². The predicted octanol–water partition coefficient (Wildman–Crippen LogP) is 2.42. The number of carbonyl (C=O) groups excluding carboxylic acids is 2. The molecule has 2 aromatic rings. The molecule has 8 nitrogen and oxygen atoms in total. The SMILES string of the molecule is N#Cc1ccc(NC(=O)NC(Cc2ccc(Cl)cc2)C(=N)NC(=O)CCO)cc1. The highest BCUT2D eigenvalue weighted by atomic mass is 35.5. The van der Waals surface area contributed by atoms with Crippen molar-refractivity contribution in [3.05, 3.63) is 64.7 Å². The van der Waals surface area contributed by atoms with Gasteiger partial charge in [0, 0.05) is 10.7 Å². The molecule has 0 aliphatic rings. The number of rotatable bonds is 7. The van der Waals surface area contributed by atoms with Gasteiger partial charge in [-0.1, -0.05) is 23.7 Å². The van der Waals surface area contributed by atoms with Crippen molar-refractivity contribution in [2.45, 2.75) is 18.9 Å². The summed E-state index contributed by atoms with van der Waals surface area (Å²) < 4.78 is 0. The van der Waals surface area contributed by atoms with E-state index in [1.54, 1.807) is 48.5 Å². The fourth-order valence-corrected chi connectivity index (χ4v) is 2.56. The van der Waals surface area contributed by atoms with Gasteiger partial charge in [0.05, 0.1) is 30.7 Å². The summed E-state index contributed by atoms with van der Waals surface area (Å²) in [6.45, 7) is -0.340. The van der Waals surface area contributed by atoms with Crippen LogP contribution in [0.1, 0.15) is 17.5 Å². The van der Waals surface area contributed by atoms with Gasteiger partial charge in [0.15, 0.2) is 0 Å². The number of halogens is 1. The lowest BCUT2D eigenvalue weighted by molar-refractivity contribution is -0.120. The van der Waals surface area contributed by atoms with Crippen LogP contribution in [0.3, 0.4) is 0 Å². The molecular weight excluding hydrogens is 394 g/mol. The Morgan fingerprint density at radius 3 is 2.38 bits per heavy atom. The maximum atomic E-state index is 12.4. The van der Waals surface area contributed by atoms with E-state index in [9.17, 15) is 9.59 Å². The van der Waals surface area contributed by atoms with Crippen LogP contribution in [0.5, 0.6) is 0 Å². The molecule has 3 amide bonds. The molecule has 0 aliphatic carbocycles. The first kappa shape index (κ1) is 21.9. The Morgan fingerprint density at radius 1 is 1.14 bits per heavy atom. The molecule has 0 saturated heterocycles. The summed E-state index contributed by atoms with van der Waals surface area (Å²) in [5.41, 5.74) is 1.74. The Hall–Kier alpha value is -3.41. The molecule has 1 atom stereocenters. The quantitative estimate of drug-likeness (QED) is 0.351. The Balaban J connectivity index is 2.08. The Bertz CT molecular complexity index is 907. The zero-order valence-electron chi connectivity index (χ0n) is 15.4. The highest BCUT2D eigenvalue weighted by molar-refractivity contribution is 6.30. The highest BCUT2D eigenvalue weighted by Crippen LogP contribution is 2.12. The van der Waals surface area contributed by atoms with Gasteiger partial charge >= 0.3 is 6.03 Å². The lowest BCUT2D eigenvalue weighted by atomic mass is 10.0. The molecule has 0 radical (unpaired) electrons. The second-order valence-corrected chi connectivity index (χ2v) is 6.54. The average molecular weight is 414 g/mol. The van der Waals surface area contributed by atoms with Gasteiger partial charge in [-0.25, -0.2) is 4.79 Å². The monoisotopic (exact) mass is 413 g/mol. The van der Waals surface area contributed by atoms with Crippen LogP contribution >= 0.6 is 11.6 Å². The van der Waals surface area contributed by atoms with E-state index in [2.05, 4.69) is 16.0 Å². The minimum atomic E-state index is -0.822. The number of amidine groups is 1. The molecule has 5 N–H and O–H groups in total. The number of carbonyl (C=O) groups is 2. The molecule has 0 heterocycles. The predicted molar refractivity (Wildman–Crippen MR) is 110 cm³/mol. The molecule has 0 saturated carbocycles. The normalized spacial score (nSPS) is 11.1. The second kappa shape index (κ2) is 10.8. The Labute approximate surface area is 173 Å². The third-order valence-electron chi connectivity index (χ3n) is 3.89. The smallest absolute Gasteiger partial charge is 0.319 e. The summed E-state index contributed by atoms with van der Waals surface area (Å²) in [6, 6.07) is 13.8. The number of hydrogen-bond acceptors (Lipinski definition) is 5. The van der Waals surface area contributed by atoms with Crippen LogP contribution in [0, 0.1) is 16.7 Å². The largest absolute Gasteiger partial charge is 0.396 e. The molecule has 2 rings (SSSR count). The van der Waals surface area contributed by atoms with E-state index < -0.39 is 18.0 Å². The fourth-order valence-electron chi connectivity index (χ4n) is 2.44. The van der Waals surface area contributed by atoms with Gasteiger partial charge in [-0.15, -0.1) is 0 Å². The Morgan fingerprint density at radius 2 is 1.79 bits per heavy atom. The van der Waals surface area contributed by atoms with E-state index in [1.807, 2.05) is 6.07 Å². The van der Waals surface area contributed by atoms with Gasteiger partial charge in [-0.2, -0.15) is 5.26 Å². The van der Waals surface area contributed by atoms with Crippen LogP contribution < -0.4 is 16.0 Å². The summed E-state index contributed by atoms with van der Waals surface area (Å²) in [5, 5.41) is 34.0. The van der Waals surface area contributed by atoms with Crippen LogP contribution in [0.2, 0.25) is 5.02 Å². The number of urea groups is 1. The third-order valence-corrected chi connectivity index (χ3v) is 4.14. The first-order valence-corrected chi connectivity index (χ1v) is 9.10. The summed E-state index contributed by atoms with van der Waals surface area (Å²) in [6.07, 6.45) is 0.101. The maximum absolute atomic E-state index is 12.4. The lowest BCUT2D eigenvalue weighted by Gasteiger charge is -2.21. The molecule has 0 aliphatic heterocycles. The molecule has 0 bridgehead atoms. The standard InChI is InChI=1S/C20H20ClN5O3/c21-15-5-1-13(2-6-15)11-17(19(23)26-18(28)9-10-27)25-20(29)24-16-7-3-14(12-22)4-8-16/h1-8,17,27H,9-11H2,(H2,23,26,28)(H2,24,25,29).